The molecule has 0 fully saturated rings. The van der Waals surface area contributed by atoms with Gasteiger partial charge in [-0.2, -0.15) is 5.10 Å². The number of anilines is 2. The summed E-state index contributed by atoms with van der Waals surface area (Å²) in [5.41, 5.74) is 4.01. The third kappa shape index (κ3) is 7.66. The van der Waals surface area contributed by atoms with Crippen molar-refractivity contribution in [2.24, 2.45) is 0 Å². The summed E-state index contributed by atoms with van der Waals surface area (Å²) >= 11 is 0. The number of fused-ring (bicyclic) bond motifs is 1. The molecule has 0 atom stereocenters. The maximum absolute atomic E-state index is 13.6. The van der Waals surface area contributed by atoms with E-state index in [0.29, 0.717) is 22.6 Å². The second-order valence-electron chi connectivity index (χ2n) is 11.3. The molecule has 2 aromatic heterocycles. The van der Waals surface area contributed by atoms with Gasteiger partial charge >= 0.3 is 0 Å². The van der Waals surface area contributed by atoms with Crippen LogP contribution in [0.1, 0.15) is 32.0 Å². The van der Waals surface area contributed by atoms with E-state index < -0.39 is 11.8 Å². The third-order valence-electron chi connectivity index (χ3n) is 7.94. The fourth-order valence-electron chi connectivity index (χ4n) is 5.33. The van der Waals surface area contributed by atoms with Gasteiger partial charge in [0.2, 0.25) is 0 Å². The Bertz CT molecular complexity index is 2140. The van der Waals surface area contributed by atoms with Gasteiger partial charge in [0.05, 0.1) is 36.5 Å². The van der Waals surface area contributed by atoms with Crippen LogP contribution in [0.5, 0.6) is 11.5 Å². The number of carbonyl (C=O) groups is 2. The molecule has 4 aromatic carbocycles. The van der Waals surface area contributed by atoms with Gasteiger partial charge in [0.25, 0.3) is 11.8 Å². The van der Waals surface area contributed by atoms with E-state index in [1.54, 1.807) is 35.3 Å². The first-order valence-electron chi connectivity index (χ1n) is 15.4. The van der Waals surface area contributed by atoms with Crippen LogP contribution in [0.15, 0.2) is 113 Å². The summed E-state index contributed by atoms with van der Waals surface area (Å²) in [7, 11) is 4.98. The Balaban J connectivity index is 1.11. The number of rotatable bonds is 12. The van der Waals surface area contributed by atoms with E-state index in [4.69, 9.17) is 13.9 Å². The van der Waals surface area contributed by atoms with E-state index in [0.717, 1.165) is 36.8 Å². The van der Waals surface area contributed by atoms with Gasteiger partial charge < -0.3 is 29.4 Å². The summed E-state index contributed by atoms with van der Waals surface area (Å²) in [6.45, 7) is 1.63. The number of para-hydroxylation sites is 1. The highest BCUT2D eigenvalue weighted by Gasteiger charge is 2.21. The quantitative estimate of drug-likeness (QED) is 0.173. The third-order valence-corrected chi connectivity index (χ3v) is 7.94. The van der Waals surface area contributed by atoms with Gasteiger partial charge in [-0.15, -0.1) is 0 Å². The Morgan fingerprint density at radius 2 is 1.57 bits per heavy atom. The van der Waals surface area contributed by atoms with Crippen molar-refractivity contribution in [3.63, 3.8) is 0 Å². The molecule has 49 heavy (non-hydrogen) atoms. The number of ether oxygens (including phenoxy) is 2. The number of likely N-dealkylation sites (N-methyl/N-ethyl adjacent to an activating group) is 1. The van der Waals surface area contributed by atoms with Crippen LogP contribution >= 0.6 is 0 Å². The molecule has 0 spiro atoms. The Morgan fingerprint density at radius 3 is 2.29 bits per heavy atom. The highest BCUT2D eigenvalue weighted by molar-refractivity contribution is 6.12. The van der Waals surface area contributed by atoms with Gasteiger partial charge in [0, 0.05) is 30.9 Å². The summed E-state index contributed by atoms with van der Waals surface area (Å²) in [5, 5.41) is 10.1. The zero-order valence-corrected chi connectivity index (χ0v) is 27.2. The van der Waals surface area contributed by atoms with E-state index >= 15 is 0 Å². The molecule has 12 heteroatoms. The summed E-state index contributed by atoms with van der Waals surface area (Å²) in [4.78, 5) is 45.6. The lowest BCUT2D eigenvalue weighted by Crippen LogP contribution is -2.21. The van der Waals surface area contributed by atoms with Crippen LogP contribution in [-0.4, -0.2) is 59.3 Å². The van der Waals surface area contributed by atoms with Gasteiger partial charge in [0.15, 0.2) is 22.7 Å². The molecular weight excluding hydrogens is 624 g/mol. The van der Waals surface area contributed by atoms with Crippen LogP contribution in [0.3, 0.4) is 0 Å². The average Bonchev–Trinajstić information content (AvgIpc) is 3.67. The van der Waals surface area contributed by atoms with E-state index in [1.807, 2.05) is 36.4 Å². The van der Waals surface area contributed by atoms with Gasteiger partial charge in [-0.1, -0.05) is 36.4 Å². The van der Waals surface area contributed by atoms with Crippen molar-refractivity contribution >= 4 is 34.2 Å². The molecule has 0 bridgehead atoms. The van der Waals surface area contributed by atoms with Crippen molar-refractivity contribution in [3.05, 3.63) is 136 Å². The number of benzene rings is 4. The second-order valence-corrected chi connectivity index (χ2v) is 11.3. The van der Waals surface area contributed by atoms with Gasteiger partial charge in [-0.25, -0.2) is 9.67 Å². The molecule has 6 aromatic rings. The van der Waals surface area contributed by atoms with Crippen LogP contribution in [0.25, 0.3) is 16.7 Å². The topological polar surface area (TPSA) is 141 Å². The van der Waals surface area contributed by atoms with E-state index in [-0.39, 0.29) is 28.0 Å². The lowest BCUT2D eigenvalue weighted by Gasteiger charge is -2.17. The standard InChI is InChI=1S/C37H34N6O6/c1-42(21-25-10-14-27(15-11-25)43-23-38-22-39-43)17-16-24-8-12-26(13-9-24)40-36(45)29-18-33(47-2)34(48-3)19-30(29)41-37(46)35-20-31(44)28-6-4-5-7-32(28)49-35/h4-15,18-20,22-23H,16-17,21H2,1-3H3,(H,40,45)(H,41,46). The highest BCUT2D eigenvalue weighted by Crippen LogP contribution is 2.34. The minimum Gasteiger partial charge on any atom is -0.493 e. The second kappa shape index (κ2) is 14.7. The van der Waals surface area contributed by atoms with E-state index in [9.17, 15) is 14.4 Å². The maximum Gasteiger partial charge on any atom is 0.291 e. The SMILES string of the molecule is COc1cc(NC(=O)c2cc(=O)c3ccccc3o2)c(C(=O)Nc2ccc(CCN(C)Cc3ccc(-n4cncn4)cc3)cc2)cc1OC. The molecule has 0 aliphatic rings. The fourth-order valence-corrected chi connectivity index (χ4v) is 5.33. The Morgan fingerprint density at radius 1 is 0.857 bits per heavy atom. The molecule has 0 radical (unpaired) electrons. The van der Waals surface area contributed by atoms with Crippen molar-refractivity contribution < 1.29 is 23.5 Å². The predicted octanol–water partition coefficient (Wildman–Crippen LogP) is 5.57. The lowest BCUT2D eigenvalue weighted by molar-refractivity contribution is 0.0997. The number of nitrogens with one attached hydrogen (secondary N) is 2. The normalized spacial score (nSPS) is 11.0. The van der Waals surface area contributed by atoms with Crippen molar-refractivity contribution in [3.8, 4) is 17.2 Å². The average molecular weight is 659 g/mol. The van der Waals surface area contributed by atoms with Crippen LogP contribution in [0.2, 0.25) is 0 Å². The molecular formula is C37H34N6O6. The molecule has 248 valence electrons. The number of nitrogens with zero attached hydrogens (tertiary/aromatic N) is 4. The summed E-state index contributed by atoms with van der Waals surface area (Å²) in [5.74, 6) is -0.797. The lowest BCUT2D eigenvalue weighted by atomic mass is 10.1. The largest absolute Gasteiger partial charge is 0.493 e. The minimum absolute atomic E-state index is 0.120. The summed E-state index contributed by atoms with van der Waals surface area (Å²) in [6, 6.07) is 26.5. The van der Waals surface area contributed by atoms with Crippen LogP contribution in [0, 0.1) is 0 Å². The first kappa shape index (κ1) is 32.7. The number of carbonyl (C=O) groups excluding carboxylic acids is 2. The van der Waals surface area contributed by atoms with Crippen LogP contribution in [-0.2, 0) is 13.0 Å². The smallest absolute Gasteiger partial charge is 0.291 e. The molecule has 2 heterocycles. The number of amides is 2. The van der Waals surface area contributed by atoms with E-state index in [1.165, 1.54) is 38.2 Å². The summed E-state index contributed by atoms with van der Waals surface area (Å²) in [6.07, 6.45) is 4.00. The van der Waals surface area contributed by atoms with Crippen LogP contribution < -0.4 is 25.5 Å². The molecule has 0 saturated heterocycles. The highest BCUT2D eigenvalue weighted by atomic mass is 16.5. The Hall–Kier alpha value is -6.27. The predicted molar refractivity (Wildman–Crippen MR) is 186 cm³/mol. The molecule has 0 unspecified atom stereocenters. The maximum atomic E-state index is 13.6. The van der Waals surface area contributed by atoms with E-state index in [2.05, 4.69) is 44.8 Å². The van der Waals surface area contributed by atoms with Crippen molar-refractivity contribution in [2.75, 3.05) is 38.4 Å². The molecule has 0 aliphatic carbocycles. The van der Waals surface area contributed by atoms with Crippen molar-refractivity contribution in [2.45, 2.75) is 13.0 Å². The fraction of sp³-hybridized carbons (Fsp3) is 0.162. The Labute approximate surface area is 281 Å². The number of hydrogen-bond donors (Lipinski definition) is 2. The number of aromatic nitrogens is 3. The zero-order valence-electron chi connectivity index (χ0n) is 27.2. The first-order valence-corrected chi connectivity index (χ1v) is 15.4. The monoisotopic (exact) mass is 658 g/mol. The minimum atomic E-state index is -0.706. The number of hydrogen-bond acceptors (Lipinski definition) is 9. The molecule has 6 rings (SSSR count). The van der Waals surface area contributed by atoms with Gasteiger partial charge in [0.1, 0.15) is 18.2 Å². The summed E-state index contributed by atoms with van der Waals surface area (Å²) < 4.78 is 18.2. The zero-order chi connectivity index (χ0) is 34.3. The molecule has 0 saturated carbocycles. The Kier molecular flexibility index (Phi) is 9.77. The van der Waals surface area contributed by atoms with Crippen LogP contribution in [0.4, 0.5) is 11.4 Å². The molecule has 0 aliphatic heterocycles. The first-order chi connectivity index (χ1) is 23.8. The van der Waals surface area contributed by atoms with Crippen molar-refractivity contribution in [1.82, 2.24) is 19.7 Å². The molecule has 12 nitrogen and oxygen atoms in total. The molecule has 2 amide bonds. The van der Waals surface area contributed by atoms with Gasteiger partial charge in [-0.3, -0.25) is 14.4 Å². The van der Waals surface area contributed by atoms with Gasteiger partial charge in [-0.05, 0) is 67.1 Å². The molecule has 2 N–H and O–H groups in total. The van der Waals surface area contributed by atoms with Crippen molar-refractivity contribution in [1.29, 1.82) is 0 Å². The number of methoxy groups -OCH3 is 2.